The summed E-state index contributed by atoms with van der Waals surface area (Å²) in [4.78, 5) is 0. The van der Waals surface area contributed by atoms with Gasteiger partial charge in [0.25, 0.3) is 0 Å². The van der Waals surface area contributed by atoms with Gasteiger partial charge in [0, 0.05) is 0 Å². The third-order valence-electron chi connectivity index (χ3n) is 5.92. The Labute approximate surface area is 156 Å². The van der Waals surface area contributed by atoms with Crippen LogP contribution in [0.15, 0.2) is 66.2 Å². The van der Waals surface area contributed by atoms with Crippen molar-refractivity contribution < 1.29 is 4.74 Å². The molecule has 2 aliphatic rings. The zero-order valence-electron chi connectivity index (χ0n) is 15.7. The first kappa shape index (κ1) is 15.9. The van der Waals surface area contributed by atoms with Gasteiger partial charge in [-0.05, 0) is 71.3 Å². The molecule has 0 radical (unpaired) electrons. The van der Waals surface area contributed by atoms with Crippen LogP contribution >= 0.6 is 0 Å². The van der Waals surface area contributed by atoms with Crippen molar-refractivity contribution in [2.24, 2.45) is 0 Å². The Bertz CT molecular complexity index is 1060. The summed E-state index contributed by atoms with van der Waals surface area (Å²) in [5.41, 5.74) is 7.88. The van der Waals surface area contributed by atoms with E-state index in [-0.39, 0.29) is 11.6 Å². The highest BCUT2D eigenvalue weighted by atomic mass is 16.5. The summed E-state index contributed by atoms with van der Waals surface area (Å²) in [5.74, 6) is 0. The molecule has 5 rings (SSSR count). The van der Waals surface area contributed by atoms with Crippen molar-refractivity contribution >= 4 is 18.6 Å². The molecule has 0 N–H and O–H groups in total. The second-order valence-corrected chi connectivity index (χ2v) is 8.10. The first-order valence-electron chi connectivity index (χ1n) is 9.54. The summed E-state index contributed by atoms with van der Waals surface area (Å²) >= 11 is 0. The Morgan fingerprint density at radius 3 is 2.62 bits per heavy atom. The van der Waals surface area contributed by atoms with E-state index in [9.17, 15) is 0 Å². The lowest BCUT2D eigenvalue weighted by Crippen LogP contribution is -2.35. The van der Waals surface area contributed by atoms with Crippen LogP contribution in [0.2, 0.25) is 0 Å². The van der Waals surface area contributed by atoms with Crippen LogP contribution in [0, 0.1) is 0 Å². The Morgan fingerprint density at radius 2 is 1.81 bits per heavy atom. The van der Waals surface area contributed by atoms with Crippen LogP contribution in [-0.2, 0) is 16.7 Å². The number of fused-ring (bicyclic) bond motifs is 2. The summed E-state index contributed by atoms with van der Waals surface area (Å²) in [6.45, 7) is 4.39. The maximum absolute atomic E-state index is 6.39. The lowest BCUT2D eigenvalue weighted by atomic mass is 9.71. The van der Waals surface area contributed by atoms with Gasteiger partial charge < -0.3 is 4.74 Å². The van der Waals surface area contributed by atoms with E-state index < -0.39 is 0 Å². The molecule has 128 valence electrons. The smallest absolute Gasteiger partial charge is 0.154 e. The highest BCUT2D eigenvalue weighted by molar-refractivity contribution is 6.16. The molecule has 0 saturated heterocycles. The van der Waals surface area contributed by atoms with Crippen molar-refractivity contribution in [1.82, 2.24) is 0 Å². The monoisotopic (exact) mass is 338 g/mol. The summed E-state index contributed by atoms with van der Waals surface area (Å²) in [5, 5.41) is 2.75. The van der Waals surface area contributed by atoms with Crippen LogP contribution in [-0.4, -0.2) is 14.0 Å². The van der Waals surface area contributed by atoms with E-state index in [4.69, 9.17) is 4.74 Å². The Hall–Kier alpha value is -2.32. The van der Waals surface area contributed by atoms with Crippen LogP contribution in [0.25, 0.3) is 21.9 Å². The lowest BCUT2D eigenvalue weighted by Gasteiger charge is -2.37. The molecule has 3 aromatic carbocycles. The van der Waals surface area contributed by atoms with Gasteiger partial charge in [0.05, 0.1) is 11.6 Å². The van der Waals surface area contributed by atoms with Crippen molar-refractivity contribution in [3.63, 3.8) is 0 Å². The molecular weight excluding hydrogens is 315 g/mol. The number of hydrogen-bond acceptors (Lipinski definition) is 1. The second kappa shape index (κ2) is 5.59. The average molecular weight is 338 g/mol. The zero-order valence-corrected chi connectivity index (χ0v) is 15.7. The molecule has 0 bridgehead atoms. The van der Waals surface area contributed by atoms with E-state index in [0.717, 1.165) is 12.8 Å². The molecule has 2 atom stereocenters. The summed E-state index contributed by atoms with van der Waals surface area (Å²) in [7, 11) is 2.20. The zero-order chi connectivity index (χ0) is 17.9. The van der Waals surface area contributed by atoms with E-state index in [1.807, 2.05) is 0 Å². The molecule has 1 nitrogen and oxygen atoms in total. The molecule has 0 fully saturated rings. The highest BCUT2D eigenvalue weighted by Crippen LogP contribution is 2.42. The van der Waals surface area contributed by atoms with E-state index in [1.165, 1.54) is 44.2 Å². The van der Waals surface area contributed by atoms with Crippen LogP contribution in [0.5, 0.6) is 0 Å². The normalized spacial score (nSPS) is 24.2. The average Bonchev–Trinajstić information content (AvgIpc) is 2.61. The molecule has 0 aromatic heterocycles. The molecule has 1 aliphatic carbocycles. The summed E-state index contributed by atoms with van der Waals surface area (Å²) < 4.78 is 6.39. The van der Waals surface area contributed by atoms with Crippen molar-refractivity contribution in [1.29, 1.82) is 0 Å². The third kappa shape index (κ3) is 2.36. The van der Waals surface area contributed by atoms with Crippen molar-refractivity contribution in [2.45, 2.75) is 38.3 Å². The Kier molecular flexibility index (Phi) is 3.42. The van der Waals surface area contributed by atoms with E-state index in [2.05, 4.69) is 82.4 Å². The van der Waals surface area contributed by atoms with Crippen LogP contribution < -0.4 is 0 Å². The number of benzene rings is 3. The van der Waals surface area contributed by atoms with Gasteiger partial charge in [0.15, 0.2) is 7.85 Å². The summed E-state index contributed by atoms with van der Waals surface area (Å²) in [6.07, 6.45) is 4.58. The minimum atomic E-state index is -0.346. The third-order valence-corrected chi connectivity index (χ3v) is 5.92. The topological polar surface area (TPSA) is 9.23 Å². The largest absolute Gasteiger partial charge is 0.372 e. The van der Waals surface area contributed by atoms with Gasteiger partial charge in [-0.2, -0.15) is 0 Å². The van der Waals surface area contributed by atoms with E-state index >= 15 is 0 Å². The second-order valence-electron chi connectivity index (χ2n) is 8.10. The van der Waals surface area contributed by atoms with Crippen LogP contribution in [0.4, 0.5) is 0 Å². The van der Waals surface area contributed by atoms with Gasteiger partial charge in [-0.25, -0.2) is 0 Å². The quantitative estimate of drug-likeness (QED) is 0.352. The fraction of sp³-hybridized carbons (Fsp3) is 0.250. The first-order chi connectivity index (χ1) is 12.5. The molecule has 26 heavy (non-hydrogen) atoms. The van der Waals surface area contributed by atoms with Gasteiger partial charge in [0.2, 0.25) is 0 Å². The molecule has 3 aromatic rings. The van der Waals surface area contributed by atoms with E-state index in [1.54, 1.807) is 0 Å². The maximum atomic E-state index is 6.39. The SMILES string of the molecule is BC1(c2ccc3c(c2)-c2cccc4cccc(c24)C3)C=C(C)CC(C)O1. The first-order valence-corrected chi connectivity index (χ1v) is 9.54. The highest BCUT2D eigenvalue weighted by Gasteiger charge is 2.32. The minimum absolute atomic E-state index is 0.255. The standard InChI is InChI=1S/C24H23BO/c1-15-11-16(2)26-24(25,14-15)20-10-9-18-12-19-7-3-5-17-6-4-8-21(23(17)19)22(18)13-20/h3-10,13-14,16H,11-12,25H2,1-2H3. The predicted molar refractivity (Wildman–Crippen MR) is 111 cm³/mol. The lowest BCUT2D eigenvalue weighted by molar-refractivity contribution is -0.0161. The number of ether oxygens (including phenoxy) is 1. The molecule has 1 aliphatic heterocycles. The molecule has 2 unspecified atom stereocenters. The number of hydrogen-bond donors (Lipinski definition) is 0. The van der Waals surface area contributed by atoms with Gasteiger partial charge in [0.1, 0.15) is 0 Å². The van der Waals surface area contributed by atoms with Crippen molar-refractivity contribution in [2.75, 3.05) is 0 Å². The van der Waals surface area contributed by atoms with E-state index in [0.29, 0.717) is 0 Å². The predicted octanol–water partition coefficient (Wildman–Crippen LogP) is 4.95. The van der Waals surface area contributed by atoms with Crippen LogP contribution in [0.3, 0.4) is 0 Å². The fourth-order valence-electron chi connectivity index (χ4n) is 4.91. The minimum Gasteiger partial charge on any atom is -0.372 e. The van der Waals surface area contributed by atoms with Crippen molar-refractivity contribution in [3.8, 4) is 11.1 Å². The number of rotatable bonds is 1. The Morgan fingerprint density at radius 1 is 1.00 bits per heavy atom. The van der Waals surface area contributed by atoms with Crippen molar-refractivity contribution in [3.05, 3.63) is 82.9 Å². The fourth-order valence-corrected chi connectivity index (χ4v) is 4.91. The maximum Gasteiger partial charge on any atom is 0.154 e. The van der Waals surface area contributed by atoms with Gasteiger partial charge in [-0.15, -0.1) is 0 Å². The molecule has 0 amide bonds. The molecule has 0 spiro atoms. The van der Waals surface area contributed by atoms with Gasteiger partial charge >= 0.3 is 0 Å². The van der Waals surface area contributed by atoms with Crippen LogP contribution in [0.1, 0.15) is 37.0 Å². The Balaban J connectivity index is 1.71. The molecule has 2 heteroatoms. The summed E-state index contributed by atoms with van der Waals surface area (Å²) in [6, 6.07) is 20.2. The molecule has 1 heterocycles. The molecular formula is C24H23BO. The van der Waals surface area contributed by atoms with Gasteiger partial charge in [-0.1, -0.05) is 60.2 Å². The van der Waals surface area contributed by atoms with Gasteiger partial charge in [-0.3, -0.25) is 0 Å². The molecule has 0 saturated carbocycles.